The van der Waals surface area contributed by atoms with Crippen molar-refractivity contribution in [2.75, 3.05) is 0 Å². The maximum atomic E-state index is 10.4. The van der Waals surface area contributed by atoms with Crippen LogP contribution in [0.2, 0.25) is 0 Å². The molecule has 0 atom stereocenters. The highest BCUT2D eigenvalue weighted by Crippen LogP contribution is 2.27. The van der Waals surface area contributed by atoms with E-state index in [4.69, 9.17) is 5.11 Å². The lowest BCUT2D eigenvalue weighted by Gasteiger charge is -1.96. The van der Waals surface area contributed by atoms with Crippen LogP contribution in [0.4, 0.5) is 5.69 Å². The molecule has 0 aliphatic heterocycles. The van der Waals surface area contributed by atoms with Crippen LogP contribution in [0, 0.1) is 10.1 Å². The van der Waals surface area contributed by atoms with Crippen molar-refractivity contribution < 1.29 is 10.0 Å². The van der Waals surface area contributed by atoms with E-state index in [9.17, 15) is 10.1 Å². The predicted molar refractivity (Wildman–Crippen MR) is 42.6 cm³/mol. The number of nitrogens with zero attached hydrogens (tertiary/aromatic N) is 2. The topological polar surface area (TPSA) is 76.3 Å². The molecule has 1 N–H and O–H groups in total. The van der Waals surface area contributed by atoms with E-state index in [1.165, 1.54) is 18.3 Å². The second-order valence-corrected chi connectivity index (χ2v) is 2.03. The van der Waals surface area contributed by atoms with Gasteiger partial charge >= 0.3 is 5.69 Å². The Labute approximate surface area is 68.1 Å². The third kappa shape index (κ3) is 1.24. The molecule has 5 nitrogen and oxygen atoms in total. The smallest absolute Gasteiger partial charge is 0.337 e. The summed E-state index contributed by atoms with van der Waals surface area (Å²) in [6.45, 7) is 3.37. The van der Waals surface area contributed by atoms with Crippen LogP contribution in [0.3, 0.4) is 0 Å². The normalized spacial score (nSPS) is 9.33. The summed E-state index contributed by atoms with van der Waals surface area (Å²) in [7, 11) is 0. The van der Waals surface area contributed by atoms with Crippen molar-refractivity contribution >= 4 is 11.8 Å². The van der Waals surface area contributed by atoms with Gasteiger partial charge in [-0.2, -0.15) is 0 Å². The summed E-state index contributed by atoms with van der Waals surface area (Å²) in [5.74, 6) is -0.586. The fourth-order valence-corrected chi connectivity index (χ4v) is 0.809. The van der Waals surface area contributed by atoms with Gasteiger partial charge in [0.2, 0.25) is 0 Å². The lowest BCUT2D eigenvalue weighted by Crippen LogP contribution is -1.93. The fourth-order valence-electron chi connectivity index (χ4n) is 0.809. The van der Waals surface area contributed by atoms with Crippen molar-refractivity contribution in [2.24, 2.45) is 0 Å². The summed E-state index contributed by atoms with van der Waals surface area (Å²) in [5, 5.41) is 19.4. The van der Waals surface area contributed by atoms with Crippen LogP contribution in [0.25, 0.3) is 6.08 Å². The quantitative estimate of drug-likeness (QED) is 0.531. The Bertz CT molecular complexity index is 335. The van der Waals surface area contributed by atoms with Gasteiger partial charge < -0.3 is 5.11 Å². The Morgan fingerprint density at radius 2 is 2.42 bits per heavy atom. The maximum Gasteiger partial charge on any atom is 0.337 e. The number of hydrogen-bond acceptors (Lipinski definition) is 4. The molecule has 5 heteroatoms. The standard InChI is InChI=1S/C7H6N2O3/c1-2-5-3-4-8-7(10)6(5)9(11)12/h2-4H,1H2,(H,8,10). The molecule has 62 valence electrons. The minimum Gasteiger partial charge on any atom is -0.488 e. The zero-order valence-corrected chi connectivity index (χ0v) is 6.10. The van der Waals surface area contributed by atoms with E-state index < -0.39 is 16.5 Å². The highest BCUT2D eigenvalue weighted by atomic mass is 16.6. The minimum absolute atomic E-state index is 0.257. The second kappa shape index (κ2) is 3.00. The van der Waals surface area contributed by atoms with Gasteiger partial charge in [0.1, 0.15) is 0 Å². The molecule has 0 fully saturated rings. The van der Waals surface area contributed by atoms with Gasteiger partial charge in [-0.15, -0.1) is 0 Å². The van der Waals surface area contributed by atoms with Crippen LogP contribution in [0.5, 0.6) is 5.88 Å². The van der Waals surface area contributed by atoms with Crippen LogP contribution < -0.4 is 0 Å². The Morgan fingerprint density at radius 3 is 2.83 bits per heavy atom. The molecule has 1 aromatic heterocycles. The summed E-state index contributed by atoms with van der Waals surface area (Å²) in [4.78, 5) is 13.0. The molecular formula is C7H6N2O3. The molecule has 0 aliphatic rings. The zero-order valence-electron chi connectivity index (χ0n) is 6.10. The monoisotopic (exact) mass is 166 g/mol. The number of nitro groups is 1. The first-order chi connectivity index (χ1) is 5.66. The lowest BCUT2D eigenvalue weighted by molar-refractivity contribution is -0.386. The molecule has 1 heterocycles. The molecule has 0 aromatic carbocycles. The Kier molecular flexibility index (Phi) is 2.05. The number of rotatable bonds is 2. The molecule has 0 amide bonds. The molecule has 0 bridgehead atoms. The molecule has 0 aliphatic carbocycles. The molecule has 0 radical (unpaired) electrons. The molecule has 0 saturated carbocycles. The molecular weight excluding hydrogens is 160 g/mol. The van der Waals surface area contributed by atoms with Crippen molar-refractivity contribution in [2.45, 2.75) is 0 Å². The van der Waals surface area contributed by atoms with Gasteiger partial charge in [-0.3, -0.25) is 10.1 Å². The first-order valence-electron chi connectivity index (χ1n) is 3.11. The summed E-state index contributed by atoms with van der Waals surface area (Å²) in [6, 6.07) is 1.41. The van der Waals surface area contributed by atoms with E-state index in [1.807, 2.05) is 0 Å². The van der Waals surface area contributed by atoms with Crippen LogP contribution >= 0.6 is 0 Å². The summed E-state index contributed by atoms with van der Waals surface area (Å²) in [6.07, 6.45) is 2.57. The van der Waals surface area contributed by atoms with Crippen molar-refractivity contribution in [1.82, 2.24) is 4.98 Å². The number of pyridine rings is 1. The van der Waals surface area contributed by atoms with Gasteiger partial charge in [0.25, 0.3) is 5.88 Å². The number of hydrogen-bond donors (Lipinski definition) is 1. The third-order valence-electron chi connectivity index (χ3n) is 1.34. The third-order valence-corrected chi connectivity index (χ3v) is 1.34. The van der Waals surface area contributed by atoms with Crippen molar-refractivity contribution in [3.8, 4) is 5.88 Å². The highest BCUT2D eigenvalue weighted by molar-refractivity contribution is 5.62. The van der Waals surface area contributed by atoms with Gasteiger partial charge in [-0.1, -0.05) is 12.7 Å². The zero-order chi connectivity index (χ0) is 9.14. The predicted octanol–water partition coefficient (Wildman–Crippen LogP) is 1.34. The lowest BCUT2D eigenvalue weighted by atomic mass is 10.2. The van der Waals surface area contributed by atoms with Gasteiger partial charge in [-0.05, 0) is 6.07 Å². The van der Waals surface area contributed by atoms with E-state index in [-0.39, 0.29) is 5.56 Å². The molecule has 0 unspecified atom stereocenters. The van der Waals surface area contributed by atoms with Crippen molar-refractivity contribution in [3.63, 3.8) is 0 Å². The van der Waals surface area contributed by atoms with E-state index >= 15 is 0 Å². The highest BCUT2D eigenvalue weighted by Gasteiger charge is 2.17. The first kappa shape index (κ1) is 8.19. The Hall–Kier alpha value is -1.91. The summed E-state index contributed by atoms with van der Waals surface area (Å²) in [5.41, 5.74) is -0.153. The van der Waals surface area contributed by atoms with Crippen LogP contribution in [0.15, 0.2) is 18.8 Å². The van der Waals surface area contributed by atoms with Crippen LogP contribution in [0.1, 0.15) is 5.56 Å². The molecule has 1 rings (SSSR count). The van der Waals surface area contributed by atoms with E-state index in [0.29, 0.717) is 0 Å². The second-order valence-electron chi connectivity index (χ2n) is 2.03. The average molecular weight is 166 g/mol. The van der Waals surface area contributed by atoms with Crippen molar-refractivity contribution in [3.05, 3.63) is 34.5 Å². The van der Waals surface area contributed by atoms with Crippen LogP contribution in [-0.2, 0) is 0 Å². The molecule has 0 spiro atoms. The largest absolute Gasteiger partial charge is 0.488 e. The number of aromatic nitrogens is 1. The first-order valence-corrected chi connectivity index (χ1v) is 3.11. The van der Waals surface area contributed by atoms with Gasteiger partial charge in [-0.25, -0.2) is 4.98 Å². The molecule has 1 aromatic rings. The van der Waals surface area contributed by atoms with Gasteiger partial charge in [0.15, 0.2) is 0 Å². The van der Waals surface area contributed by atoms with Gasteiger partial charge in [0, 0.05) is 6.20 Å². The van der Waals surface area contributed by atoms with Crippen LogP contribution in [-0.4, -0.2) is 15.0 Å². The van der Waals surface area contributed by atoms with E-state index in [2.05, 4.69) is 11.6 Å². The minimum atomic E-state index is -0.695. The number of aromatic hydroxyl groups is 1. The van der Waals surface area contributed by atoms with Gasteiger partial charge in [0.05, 0.1) is 10.5 Å². The molecule has 12 heavy (non-hydrogen) atoms. The Balaban J connectivity index is 3.39. The Morgan fingerprint density at radius 1 is 1.75 bits per heavy atom. The molecule has 0 saturated heterocycles. The SMILES string of the molecule is C=Cc1ccnc(O)c1[N+](=O)[O-]. The average Bonchev–Trinajstić information content (AvgIpc) is 2.03. The van der Waals surface area contributed by atoms with Crippen molar-refractivity contribution in [1.29, 1.82) is 0 Å². The van der Waals surface area contributed by atoms with E-state index in [1.54, 1.807) is 0 Å². The summed E-state index contributed by atoms with van der Waals surface area (Å²) >= 11 is 0. The fraction of sp³-hybridized carbons (Fsp3) is 0. The summed E-state index contributed by atoms with van der Waals surface area (Å²) < 4.78 is 0. The maximum absolute atomic E-state index is 10.4. The van der Waals surface area contributed by atoms with E-state index in [0.717, 1.165) is 0 Å².